The molecular weight excluding hydrogens is 1060 g/mol. The Kier molecular flexibility index (Phi) is 19.0. The summed E-state index contributed by atoms with van der Waals surface area (Å²) in [4.78, 5) is 7.62. The quantitative estimate of drug-likeness (QED) is 0.0622. The number of hydrogen-bond donors (Lipinski definition) is 3. The monoisotopic (exact) mass is 1130 g/mol. The maximum Gasteiger partial charge on any atom is 0.261 e. The van der Waals surface area contributed by atoms with Gasteiger partial charge in [0.15, 0.2) is 19.7 Å². The fourth-order valence-corrected chi connectivity index (χ4v) is 14.4. The van der Waals surface area contributed by atoms with Gasteiger partial charge in [-0.25, -0.2) is 34.7 Å². The van der Waals surface area contributed by atoms with Gasteiger partial charge in [0.05, 0.1) is 26.1 Å². The number of aromatic nitrogens is 1. The molecule has 2 aliphatic rings. The summed E-state index contributed by atoms with van der Waals surface area (Å²) in [5.74, 6) is 0.174. The van der Waals surface area contributed by atoms with Gasteiger partial charge in [-0.3, -0.25) is 10.1 Å². The first kappa shape index (κ1) is 58.6. The van der Waals surface area contributed by atoms with Crippen molar-refractivity contribution < 1.29 is 29.6 Å². The summed E-state index contributed by atoms with van der Waals surface area (Å²) in [5.41, 5.74) is 8.50. The SMILES string of the molecule is C.Cc1c(S(C)(=O)=O)c(-c2cc(F)cc(N3CCN(c4ccc(NS(=O)(=O)c5ccc(N[C@H](CCN6CCN(NC(C)C)CC6)CSc6ccccc6)c(S(C)(=O)=O)c5)cc4)CC3)c2)c(-c2ccc(Cl)cc2)n1C(C)C. The van der Waals surface area contributed by atoms with Crippen LogP contribution in [0, 0.1) is 12.7 Å². The van der Waals surface area contributed by atoms with E-state index in [1.807, 2.05) is 79.1 Å². The number of hydrogen-bond acceptors (Lipinski definition) is 13. The molecule has 3 N–H and O–H groups in total. The summed E-state index contributed by atoms with van der Waals surface area (Å²) < 4.78 is 102. The van der Waals surface area contributed by atoms with Gasteiger partial charge in [-0.2, -0.15) is 0 Å². The first-order valence-corrected chi connectivity index (χ1v) is 31.8. The predicted molar refractivity (Wildman–Crippen MR) is 312 cm³/mol. The van der Waals surface area contributed by atoms with Crippen LogP contribution >= 0.6 is 23.4 Å². The molecule has 0 bridgehead atoms. The van der Waals surface area contributed by atoms with Crippen molar-refractivity contribution in [3.05, 3.63) is 132 Å². The van der Waals surface area contributed by atoms with Crippen LogP contribution in [-0.4, -0.2) is 129 Å². The second-order valence-electron chi connectivity index (χ2n) is 20.0. The van der Waals surface area contributed by atoms with E-state index in [4.69, 9.17) is 11.6 Å². The second-order valence-corrected chi connectivity index (χ2v) is 27.2. The number of piperazine rings is 2. The lowest BCUT2D eigenvalue weighted by Crippen LogP contribution is -2.54. The predicted octanol–water partition coefficient (Wildman–Crippen LogP) is 10.6. The highest BCUT2D eigenvalue weighted by molar-refractivity contribution is 7.99. The van der Waals surface area contributed by atoms with Crippen molar-refractivity contribution >= 4 is 75.8 Å². The average molecular weight is 1140 g/mol. The minimum atomic E-state index is -4.22. The maximum atomic E-state index is 15.8. The van der Waals surface area contributed by atoms with Gasteiger partial charge in [-0.05, 0) is 137 Å². The van der Waals surface area contributed by atoms with Gasteiger partial charge in [0.25, 0.3) is 10.0 Å². The lowest BCUT2D eigenvalue weighted by atomic mass is 9.99. The lowest BCUT2D eigenvalue weighted by Gasteiger charge is -2.37. The minimum absolute atomic E-state index is 0. The van der Waals surface area contributed by atoms with Crippen LogP contribution in [-0.2, 0) is 29.7 Å². The fraction of sp³-hybridized carbons (Fsp3) is 0.393. The first-order chi connectivity index (χ1) is 35.5. The third kappa shape index (κ3) is 14.3. The number of hydrazine groups is 1. The standard InChI is InChI=1S/C55H68ClFN8O6S4.CH4/c1-38(2)59-64-31-25-61(26-32-64)24-23-46(37-72-49-11-9-8-10-12-49)58-51-22-21-50(36-52(51)73(6,66)67)75(70,71)60-45-17-19-47(20-18-45)62-27-29-63(30-28-62)48-34-42(33-44(57)35-48)53-54(41-13-15-43(56)16-14-41)65(39(3)4)40(5)55(53)74(7,68)69;/h8-22,33-36,38-39,46,58-60H,23-32,37H2,1-7H3;1H4/t46-;/m1./s1. The van der Waals surface area contributed by atoms with E-state index < -0.39 is 35.5 Å². The molecule has 8 rings (SSSR count). The Bertz CT molecular complexity index is 3290. The molecule has 2 saturated heterocycles. The van der Waals surface area contributed by atoms with Crippen molar-refractivity contribution in [2.75, 3.05) is 97.0 Å². The summed E-state index contributed by atoms with van der Waals surface area (Å²) in [6, 6.07) is 33.3. The van der Waals surface area contributed by atoms with Crippen molar-refractivity contribution in [1.29, 1.82) is 0 Å². The first-order valence-electron chi connectivity index (χ1n) is 25.2. The molecule has 76 heavy (non-hydrogen) atoms. The number of halogens is 2. The summed E-state index contributed by atoms with van der Waals surface area (Å²) in [6.45, 7) is 16.7. The molecule has 0 saturated carbocycles. The summed E-state index contributed by atoms with van der Waals surface area (Å²) in [5, 5.41) is 6.29. The zero-order valence-corrected chi connectivity index (χ0v) is 47.6. The van der Waals surface area contributed by atoms with Gasteiger partial charge in [0.1, 0.15) is 5.82 Å². The highest BCUT2D eigenvalue weighted by Crippen LogP contribution is 2.45. The van der Waals surface area contributed by atoms with Crippen LogP contribution in [0.3, 0.4) is 0 Å². The molecule has 5 aromatic carbocycles. The van der Waals surface area contributed by atoms with Crippen molar-refractivity contribution in [2.45, 2.75) is 86.2 Å². The van der Waals surface area contributed by atoms with E-state index in [9.17, 15) is 25.3 Å². The highest BCUT2D eigenvalue weighted by atomic mass is 35.5. The Labute approximate surface area is 459 Å². The molecule has 0 aliphatic carbocycles. The van der Waals surface area contributed by atoms with Gasteiger partial charge in [0, 0.05) is 134 Å². The molecule has 0 spiro atoms. The molecule has 14 nitrogen and oxygen atoms in total. The molecule has 1 atom stereocenters. The Morgan fingerprint density at radius 2 is 1.33 bits per heavy atom. The van der Waals surface area contributed by atoms with E-state index in [1.165, 1.54) is 30.5 Å². The molecule has 6 aromatic rings. The van der Waals surface area contributed by atoms with Crippen LogP contribution in [0.4, 0.5) is 27.1 Å². The molecule has 20 heteroatoms. The Hall–Kier alpha value is -5.12. The molecule has 3 heterocycles. The lowest BCUT2D eigenvalue weighted by molar-refractivity contribution is 0.0787. The number of thioether (sulfide) groups is 1. The topological polar surface area (TPSA) is 156 Å². The second kappa shape index (κ2) is 24.7. The number of sulfonamides is 1. The van der Waals surface area contributed by atoms with Gasteiger partial charge in [-0.15, -0.1) is 11.8 Å². The third-order valence-corrected chi connectivity index (χ3v) is 18.7. The molecule has 2 aliphatic heterocycles. The van der Waals surface area contributed by atoms with E-state index in [2.05, 4.69) is 49.0 Å². The van der Waals surface area contributed by atoms with Gasteiger partial charge in [0.2, 0.25) is 0 Å². The van der Waals surface area contributed by atoms with Crippen molar-refractivity contribution in [1.82, 2.24) is 19.9 Å². The van der Waals surface area contributed by atoms with Crippen LogP contribution in [0.2, 0.25) is 5.02 Å². The number of anilines is 4. The zero-order chi connectivity index (χ0) is 53.8. The van der Waals surface area contributed by atoms with E-state index >= 15 is 4.39 Å². The van der Waals surface area contributed by atoms with E-state index in [1.54, 1.807) is 49.0 Å². The summed E-state index contributed by atoms with van der Waals surface area (Å²) in [6.07, 6.45) is 3.02. The third-order valence-electron chi connectivity index (χ3n) is 13.5. The van der Waals surface area contributed by atoms with Gasteiger partial charge < -0.3 is 24.6 Å². The molecule has 0 unspecified atom stereocenters. The Balaban J connectivity index is 0.00000840. The van der Waals surface area contributed by atoms with Crippen molar-refractivity contribution in [2.24, 2.45) is 0 Å². The van der Waals surface area contributed by atoms with E-state index in [-0.39, 0.29) is 34.2 Å². The van der Waals surface area contributed by atoms with Crippen LogP contribution < -0.4 is 25.3 Å². The smallest absolute Gasteiger partial charge is 0.261 e. The number of nitrogens with zero attached hydrogens (tertiary/aromatic N) is 5. The van der Waals surface area contributed by atoms with Crippen LogP contribution in [0.15, 0.2) is 135 Å². The summed E-state index contributed by atoms with van der Waals surface area (Å²) in [7, 11) is -11.9. The van der Waals surface area contributed by atoms with Gasteiger partial charge >= 0.3 is 0 Å². The van der Waals surface area contributed by atoms with Gasteiger partial charge in [-0.1, -0.05) is 49.4 Å². The largest absolute Gasteiger partial charge is 0.380 e. The van der Waals surface area contributed by atoms with E-state index in [0.717, 1.165) is 61.5 Å². The Morgan fingerprint density at radius 3 is 1.92 bits per heavy atom. The van der Waals surface area contributed by atoms with Crippen LogP contribution in [0.5, 0.6) is 0 Å². The molecule has 410 valence electrons. The van der Waals surface area contributed by atoms with Crippen LogP contribution in [0.25, 0.3) is 22.4 Å². The Morgan fingerprint density at radius 1 is 0.697 bits per heavy atom. The number of nitrogens with one attached hydrogen (secondary N) is 3. The number of rotatable bonds is 20. The number of sulfone groups is 2. The van der Waals surface area contributed by atoms with Crippen molar-refractivity contribution in [3.63, 3.8) is 0 Å². The zero-order valence-electron chi connectivity index (χ0n) is 43.6. The molecule has 0 amide bonds. The van der Waals surface area contributed by atoms with E-state index in [0.29, 0.717) is 82.6 Å². The molecular formula is C56H72ClFN8O6S4. The van der Waals surface area contributed by atoms with Crippen LogP contribution in [0.1, 0.15) is 53.3 Å². The maximum absolute atomic E-state index is 15.8. The summed E-state index contributed by atoms with van der Waals surface area (Å²) >= 11 is 7.95. The highest BCUT2D eigenvalue weighted by Gasteiger charge is 2.31. The number of benzene rings is 5. The fourth-order valence-electron chi connectivity index (χ4n) is 10.1. The molecule has 2 fully saturated rings. The normalized spacial score (nSPS) is 15.5. The average Bonchev–Trinajstić information content (AvgIpc) is 3.69. The molecule has 0 radical (unpaired) electrons. The van der Waals surface area contributed by atoms with Crippen molar-refractivity contribution in [3.8, 4) is 22.4 Å². The minimum Gasteiger partial charge on any atom is -0.380 e. The molecule has 1 aromatic heterocycles.